The van der Waals surface area contributed by atoms with Crippen molar-refractivity contribution in [2.45, 2.75) is 31.7 Å². The van der Waals surface area contributed by atoms with Crippen LogP contribution < -0.4 is 5.32 Å². The van der Waals surface area contributed by atoms with Gasteiger partial charge in [-0.3, -0.25) is 9.59 Å². The molecule has 0 amide bonds. The zero-order valence-corrected chi connectivity index (χ0v) is 11.1. The molecule has 2 N–H and O–H groups in total. The minimum absolute atomic E-state index is 0.0421. The first-order valence-corrected chi connectivity index (χ1v) is 6.80. The fourth-order valence-corrected chi connectivity index (χ4v) is 2.52. The van der Waals surface area contributed by atoms with Gasteiger partial charge in [0.25, 0.3) is 0 Å². The zero-order chi connectivity index (χ0) is 14.5. The second-order valence-electron chi connectivity index (χ2n) is 5.15. The van der Waals surface area contributed by atoms with Crippen molar-refractivity contribution in [2.24, 2.45) is 5.92 Å². The Morgan fingerprint density at radius 2 is 2.15 bits per heavy atom. The van der Waals surface area contributed by atoms with Crippen molar-refractivity contribution in [1.82, 2.24) is 5.32 Å². The number of carbonyl (C=O) groups excluding carboxylic acids is 1. The molecule has 5 heteroatoms. The average molecular weight is 279 g/mol. The van der Waals surface area contributed by atoms with Gasteiger partial charge in [0, 0.05) is 6.42 Å². The molecular formula is C15H18FNO3. The highest BCUT2D eigenvalue weighted by atomic mass is 19.1. The summed E-state index contributed by atoms with van der Waals surface area (Å²) in [4.78, 5) is 23.3. The van der Waals surface area contributed by atoms with Gasteiger partial charge in [-0.05, 0) is 37.4 Å². The first-order valence-electron chi connectivity index (χ1n) is 6.80. The molecule has 1 fully saturated rings. The number of hydrogen-bond acceptors (Lipinski definition) is 3. The molecule has 1 aliphatic heterocycles. The second kappa shape index (κ2) is 6.61. The maximum absolute atomic E-state index is 13.6. The number of nitrogens with one attached hydrogen (secondary N) is 1. The highest BCUT2D eigenvalue weighted by Gasteiger charge is 2.28. The third-order valence-corrected chi connectivity index (χ3v) is 3.67. The lowest BCUT2D eigenvalue weighted by atomic mass is 9.91. The van der Waals surface area contributed by atoms with Gasteiger partial charge in [0.1, 0.15) is 5.82 Å². The molecule has 1 aromatic rings. The van der Waals surface area contributed by atoms with Crippen molar-refractivity contribution in [3.05, 3.63) is 35.6 Å². The smallest absolute Gasteiger partial charge is 0.307 e. The standard InChI is InChI=1S/C15H18FNO3/c16-12-5-2-1-4-10(12)8-11(15(19)20)9-14(18)13-6-3-7-17-13/h1-2,4-5,11,13,17H,3,6-9H2,(H,19,20)/t11?,13-/m0/s1. The van der Waals surface area contributed by atoms with Crippen molar-refractivity contribution >= 4 is 11.8 Å². The van der Waals surface area contributed by atoms with Crippen LogP contribution in [0.15, 0.2) is 24.3 Å². The summed E-state index contributed by atoms with van der Waals surface area (Å²) in [5, 5.41) is 12.3. The number of carboxylic acids is 1. The topological polar surface area (TPSA) is 66.4 Å². The molecule has 1 heterocycles. The van der Waals surface area contributed by atoms with Crippen LogP contribution in [0.2, 0.25) is 0 Å². The molecule has 0 bridgehead atoms. The molecule has 1 unspecified atom stereocenters. The number of aliphatic carboxylic acids is 1. The van der Waals surface area contributed by atoms with Gasteiger partial charge in [0.2, 0.25) is 0 Å². The van der Waals surface area contributed by atoms with E-state index in [0.29, 0.717) is 5.56 Å². The van der Waals surface area contributed by atoms with Crippen LogP contribution in [0.1, 0.15) is 24.8 Å². The van der Waals surface area contributed by atoms with Gasteiger partial charge < -0.3 is 10.4 Å². The van der Waals surface area contributed by atoms with Crippen molar-refractivity contribution in [3.8, 4) is 0 Å². The first kappa shape index (κ1) is 14.7. The van der Waals surface area contributed by atoms with Crippen molar-refractivity contribution in [1.29, 1.82) is 0 Å². The van der Waals surface area contributed by atoms with Crippen LogP contribution in [-0.2, 0) is 16.0 Å². The van der Waals surface area contributed by atoms with Gasteiger partial charge in [0.15, 0.2) is 5.78 Å². The van der Waals surface area contributed by atoms with Crippen LogP contribution in [0.4, 0.5) is 4.39 Å². The third kappa shape index (κ3) is 3.63. The lowest BCUT2D eigenvalue weighted by Crippen LogP contribution is -2.34. The summed E-state index contributed by atoms with van der Waals surface area (Å²) in [6.45, 7) is 0.793. The molecule has 2 rings (SSSR count). The normalized spacial score (nSPS) is 19.8. The molecule has 1 aliphatic rings. The summed E-state index contributed by atoms with van der Waals surface area (Å²) in [5.41, 5.74) is 0.340. The third-order valence-electron chi connectivity index (χ3n) is 3.67. The van der Waals surface area contributed by atoms with Crippen molar-refractivity contribution in [2.75, 3.05) is 6.54 Å². The van der Waals surface area contributed by atoms with Crippen molar-refractivity contribution in [3.63, 3.8) is 0 Å². The van der Waals surface area contributed by atoms with Gasteiger partial charge in [-0.25, -0.2) is 4.39 Å². The highest BCUT2D eigenvalue weighted by molar-refractivity contribution is 5.88. The molecule has 108 valence electrons. The lowest BCUT2D eigenvalue weighted by molar-refractivity contribution is -0.143. The van der Waals surface area contributed by atoms with E-state index in [1.165, 1.54) is 6.07 Å². The first-order chi connectivity index (χ1) is 9.58. The van der Waals surface area contributed by atoms with Gasteiger partial charge in [-0.15, -0.1) is 0 Å². The van der Waals surface area contributed by atoms with E-state index in [0.717, 1.165) is 19.4 Å². The number of carbonyl (C=O) groups is 2. The van der Waals surface area contributed by atoms with Gasteiger partial charge in [-0.2, -0.15) is 0 Å². The van der Waals surface area contributed by atoms with Crippen LogP contribution in [0, 0.1) is 11.7 Å². The molecule has 20 heavy (non-hydrogen) atoms. The predicted molar refractivity (Wildman–Crippen MR) is 71.9 cm³/mol. The largest absolute Gasteiger partial charge is 0.481 e. The van der Waals surface area contributed by atoms with E-state index in [1.807, 2.05) is 0 Å². The molecule has 0 aromatic heterocycles. The molecule has 2 atom stereocenters. The van der Waals surface area contributed by atoms with E-state index in [1.54, 1.807) is 18.2 Å². The van der Waals surface area contributed by atoms with E-state index in [-0.39, 0.29) is 24.7 Å². The van der Waals surface area contributed by atoms with E-state index < -0.39 is 17.7 Å². The Morgan fingerprint density at radius 1 is 1.40 bits per heavy atom. The number of halogens is 1. The SMILES string of the molecule is O=C(O)C(CC(=O)[C@@H]1CCCN1)Cc1ccccc1F. The van der Waals surface area contributed by atoms with Crippen LogP contribution in [0.25, 0.3) is 0 Å². The number of ketones is 1. The van der Waals surface area contributed by atoms with Gasteiger partial charge >= 0.3 is 5.97 Å². The molecule has 0 saturated carbocycles. The monoisotopic (exact) mass is 279 g/mol. The van der Waals surface area contributed by atoms with E-state index >= 15 is 0 Å². The fraction of sp³-hybridized carbons (Fsp3) is 0.467. The summed E-state index contributed by atoms with van der Waals surface area (Å²) >= 11 is 0. The predicted octanol–water partition coefficient (Wildman–Crippen LogP) is 1.78. The van der Waals surface area contributed by atoms with Crippen molar-refractivity contribution < 1.29 is 19.1 Å². The minimum atomic E-state index is -1.06. The number of carboxylic acid groups (broad SMARTS) is 1. The number of Topliss-reactive ketones (excluding diaryl/α,β-unsaturated/α-hetero) is 1. The Balaban J connectivity index is 2.02. The summed E-state index contributed by atoms with van der Waals surface area (Å²) in [6, 6.07) is 5.84. The zero-order valence-electron chi connectivity index (χ0n) is 11.1. The van der Waals surface area contributed by atoms with Crippen LogP contribution >= 0.6 is 0 Å². The summed E-state index contributed by atoms with van der Waals surface area (Å²) in [5.74, 6) is -2.45. The summed E-state index contributed by atoms with van der Waals surface area (Å²) in [7, 11) is 0. The molecular weight excluding hydrogens is 261 g/mol. The lowest BCUT2D eigenvalue weighted by Gasteiger charge is -2.15. The molecule has 1 aromatic carbocycles. The molecule has 4 nitrogen and oxygen atoms in total. The van der Waals surface area contributed by atoms with E-state index in [2.05, 4.69) is 5.32 Å². The number of rotatable bonds is 6. The van der Waals surface area contributed by atoms with Gasteiger partial charge in [-0.1, -0.05) is 18.2 Å². The fourth-order valence-electron chi connectivity index (χ4n) is 2.52. The Morgan fingerprint density at radius 3 is 2.75 bits per heavy atom. The molecule has 1 saturated heterocycles. The molecule has 0 aliphatic carbocycles. The van der Waals surface area contributed by atoms with Gasteiger partial charge in [0.05, 0.1) is 12.0 Å². The summed E-state index contributed by atoms with van der Waals surface area (Å²) < 4.78 is 13.6. The maximum atomic E-state index is 13.6. The summed E-state index contributed by atoms with van der Waals surface area (Å²) in [6.07, 6.45) is 1.67. The van der Waals surface area contributed by atoms with Crippen LogP contribution in [0.5, 0.6) is 0 Å². The Kier molecular flexibility index (Phi) is 4.84. The number of benzene rings is 1. The quantitative estimate of drug-likeness (QED) is 0.833. The molecule has 0 radical (unpaired) electrons. The Hall–Kier alpha value is -1.75. The van der Waals surface area contributed by atoms with Crippen LogP contribution in [-0.4, -0.2) is 29.4 Å². The van der Waals surface area contributed by atoms with E-state index in [4.69, 9.17) is 0 Å². The highest BCUT2D eigenvalue weighted by Crippen LogP contribution is 2.18. The van der Waals surface area contributed by atoms with E-state index in [9.17, 15) is 19.1 Å². The van der Waals surface area contributed by atoms with Crippen LogP contribution in [0.3, 0.4) is 0 Å². The Labute approximate surface area is 117 Å². The second-order valence-corrected chi connectivity index (χ2v) is 5.15. The minimum Gasteiger partial charge on any atom is -0.481 e. The average Bonchev–Trinajstić information content (AvgIpc) is 2.94. The molecule has 0 spiro atoms. The number of hydrogen-bond donors (Lipinski definition) is 2. The Bertz CT molecular complexity index is 498. The maximum Gasteiger partial charge on any atom is 0.307 e.